The highest BCUT2D eigenvalue weighted by Crippen LogP contribution is 2.41. The minimum atomic E-state index is -5.24. The number of rotatable bonds is 8. The summed E-state index contributed by atoms with van der Waals surface area (Å²) in [6.07, 6.45) is -9.84. The molecule has 1 aliphatic rings. The molecule has 0 aromatic heterocycles. The zero-order chi connectivity index (χ0) is 30.3. The van der Waals surface area contributed by atoms with E-state index < -0.39 is 70.6 Å². The highest BCUT2D eigenvalue weighted by Gasteiger charge is 2.52. The van der Waals surface area contributed by atoms with Gasteiger partial charge in [-0.2, -0.15) is 26.3 Å². The number of halogens is 11. The molecule has 0 heterocycles. The van der Waals surface area contributed by atoms with E-state index in [1.54, 1.807) is 5.32 Å². The molecule has 1 saturated carbocycles. The summed E-state index contributed by atoms with van der Waals surface area (Å²) in [5.41, 5.74) is -5.52. The minimum absolute atomic E-state index is 0.0301. The van der Waals surface area contributed by atoms with Gasteiger partial charge < -0.3 is 10.6 Å². The first-order valence-electron chi connectivity index (χ1n) is 11.3. The first-order valence-corrected chi connectivity index (χ1v) is 12.1. The van der Waals surface area contributed by atoms with Gasteiger partial charge in [-0.25, -0.2) is 13.2 Å². The number of carbonyl (C=O) groups is 2. The van der Waals surface area contributed by atoms with Crippen LogP contribution in [0.5, 0.6) is 0 Å². The number of carbonyl (C=O) groups excluding carboxylic acids is 2. The molecule has 218 valence electrons. The molecule has 1 fully saturated rings. The molecule has 40 heavy (non-hydrogen) atoms. The number of hydrogen-bond donors (Lipinski definition) is 2. The Bertz CT molecular complexity index is 1330. The van der Waals surface area contributed by atoms with Gasteiger partial charge in [0.15, 0.2) is 0 Å². The second kappa shape index (κ2) is 11.2. The Balaban J connectivity index is 1.94. The molecule has 4 nitrogen and oxygen atoms in total. The smallest absolute Gasteiger partial charge is 0.345 e. The van der Waals surface area contributed by atoms with Crippen molar-refractivity contribution in [2.24, 2.45) is 0 Å². The molecule has 0 aliphatic heterocycles. The first kappa shape index (κ1) is 31.6. The zero-order valence-corrected chi connectivity index (χ0v) is 21.7. The maximum Gasteiger partial charge on any atom is 0.417 e. The van der Waals surface area contributed by atoms with Crippen molar-refractivity contribution < 1.29 is 49.1 Å². The fourth-order valence-corrected chi connectivity index (χ4v) is 4.08. The topological polar surface area (TPSA) is 58.2 Å². The van der Waals surface area contributed by atoms with Gasteiger partial charge >= 0.3 is 12.4 Å². The van der Waals surface area contributed by atoms with Gasteiger partial charge in [0.25, 0.3) is 11.8 Å². The van der Waals surface area contributed by atoms with E-state index in [2.05, 4.69) is 0 Å². The molecular weight excluding hydrogens is 602 g/mol. The summed E-state index contributed by atoms with van der Waals surface area (Å²) in [6, 6.07) is 4.93. The van der Waals surface area contributed by atoms with E-state index in [9.17, 15) is 44.7 Å². The quantitative estimate of drug-likeness (QED) is 0.297. The van der Waals surface area contributed by atoms with Crippen molar-refractivity contribution in [1.29, 1.82) is 0 Å². The summed E-state index contributed by atoms with van der Waals surface area (Å²) in [7, 11) is 0. The molecule has 1 atom stereocenters. The molecular formula is C25H19Cl2F9N2O2. The Kier molecular flexibility index (Phi) is 8.81. The first-order chi connectivity index (χ1) is 18.2. The summed E-state index contributed by atoms with van der Waals surface area (Å²) in [4.78, 5) is 24.8. The summed E-state index contributed by atoms with van der Waals surface area (Å²) < 4.78 is 123. The molecule has 0 bridgehead atoms. The third-order valence-corrected chi connectivity index (χ3v) is 6.73. The van der Waals surface area contributed by atoms with Crippen LogP contribution in [0.1, 0.15) is 52.7 Å². The zero-order valence-electron chi connectivity index (χ0n) is 20.2. The van der Waals surface area contributed by atoms with Gasteiger partial charge in [-0.3, -0.25) is 9.59 Å². The molecule has 2 amide bonds. The van der Waals surface area contributed by atoms with E-state index in [1.807, 2.05) is 5.32 Å². The van der Waals surface area contributed by atoms with Crippen LogP contribution in [-0.4, -0.2) is 36.0 Å². The summed E-state index contributed by atoms with van der Waals surface area (Å²) in [5.74, 6) is -9.71. The van der Waals surface area contributed by atoms with Crippen LogP contribution in [0, 0.1) is 0 Å². The molecule has 2 aromatic carbocycles. The molecule has 15 heteroatoms. The van der Waals surface area contributed by atoms with Crippen LogP contribution in [0.3, 0.4) is 0 Å². The predicted molar refractivity (Wildman–Crippen MR) is 129 cm³/mol. The number of hydrogen-bond acceptors (Lipinski definition) is 2. The molecule has 1 unspecified atom stereocenters. The Morgan fingerprint density at radius 1 is 0.975 bits per heavy atom. The van der Waals surface area contributed by atoms with Crippen molar-refractivity contribution in [3.8, 4) is 0 Å². The van der Waals surface area contributed by atoms with Crippen LogP contribution in [0.15, 0.2) is 42.5 Å². The molecule has 0 saturated heterocycles. The average Bonchev–Trinajstić information content (AvgIpc) is 3.61. The van der Waals surface area contributed by atoms with Gasteiger partial charge in [0.05, 0.1) is 27.1 Å². The number of allylic oxidation sites excluding steroid dienone is 1. The van der Waals surface area contributed by atoms with E-state index in [4.69, 9.17) is 23.2 Å². The van der Waals surface area contributed by atoms with E-state index in [0.29, 0.717) is 19.1 Å². The monoisotopic (exact) mass is 620 g/mol. The second-order valence-corrected chi connectivity index (χ2v) is 10.0. The Morgan fingerprint density at radius 3 is 2.10 bits per heavy atom. The van der Waals surface area contributed by atoms with Gasteiger partial charge in [-0.1, -0.05) is 35.3 Å². The fraction of sp³-hybridized carbons (Fsp3) is 0.360. The standard InChI is InChI=1S/C25H19Cl2F9N2O2/c1-22(29,30)15(12-3-5-17(26)18(27)9-12)10-19(28)13-2-4-14(16(8-13)25(34,35)36)20(39)38-23(6-7-23)21(40)37-11-24(31,32)33/h2-5,8-10,15H,6-7,11H2,1H3,(H,37,40)(H,38,39)/b19-10-. The van der Waals surface area contributed by atoms with Crippen molar-refractivity contribution in [2.45, 2.75) is 49.5 Å². The lowest BCUT2D eigenvalue weighted by molar-refractivity contribution is -0.140. The molecule has 2 N–H and O–H groups in total. The van der Waals surface area contributed by atoms with Crippen LogP contribution in [0.25, 0.3) is 5.83 Å². The van der Waals surface area contributed by atoms with Crippen LogP contribution >= 0.6 is 23.2 Å². The van der Waals surface area contributed by atoms with Crippen molar-refractivity contribution in [2.75, 3.05) is 6.54 Å². The lowest BCUT2D eigenvalue weighted by Crippen LogP contribution is -2.51. The molecule has 0 radical (unpaired) electrons. The minimum Gasteiger partial charge on any atom is -0.345 e. The van der Waals surface area contributed by atoms with Crippen LogP contribution in [0.2, 0.25) is 10.0 Å². The van der Waals surface area contributed by atoms with E-state index in [1.165, 1.54) is 6.07 Å². The molecule has 3 rings (SSSR count). The molecule has 0 spiro atoms. The highest BCUT2D eigenvalue weighted by molar-refractivity contribution is 6.42. The van der Waals surface area contributed by atoms with Crippen LogP contribution in [0.4, 0.5) is 39.5 Å². The van der Waals surface area contributed by atoms with Gasteiger partial charge in [0.2, 0.25) is 5.91 Å². The van der Waals surface area contributed by atoms with Crippen LogP contribution in [-0.2, 0) is 11.0 Å². The van der Waals surface area contributed by atoms with Gasteiger partial charge in [0, 0.05) is 12.5 Å². The summed E-state index contributed by atoms with van der Waals surface area (Å²) in [6.45, 7) is -1.24. The number of nitrogens with one attached hydrogen (secondary N) is 2. The Morgan fingerprint density at radius 2 is 1.60 bits per heavy atom. The van der Waals surface area contributed by atoms with Crippen molar-refractivity contribution >= 4 is 40.8 Å². The highest BCUT2D eigenvalue weighted by atomic mass is 35.5. The number of benzene rings is 2. The Hall–Kier alpha value is -2.93. The van der Waals surface area contributed by atoms with Crippen LogP contribution < -0.4 is 10.6 Å². The lowest BCUT2D eigenvalue weighted by Gasteiger charge is -2.22. The summed E-state index contributed by atoms with van der Waals surface area (Å²) >= 11 is 11.6. The number of amides is 2. The van der Waals surface area contributed by atoms with E-state index in [0.717, 1.165) is 18.2 Å². The Labute approximate surface area is 231 Å². The predicted octanol–water partition coefficient (Wildman–Crippen LogP) is 7.70. The van der Waals surface area contributed by atoms with Gasteiger partial charge in [-0.15, -0.1) is 0 Å². The maximum absolute atomic E-state index is 15.1. The lowest BCUT2D eigenvalue weighted by atomic mass is 9.91. The third-order valence-electron chi connectivity index (χ3n) is 5.99. The number of alkyl halides is 8. The van der Waals surface area contributed by atoms with Crippen molar-refractivity contribution in [1.82, 2.24) is 10.6 Å². The third kappa shape index (κ3) is 7.62. The van der Waals surface area contributed by atoms with Crippen molar-refractivity contribution in [3.63, 3.8) is 0 Å². The molecule has 1 aliphatic carbocycles. The second-order valence-electron chi connectivity index (χ2n) is 9.21. The van der Waals surface area contributed by atoms with Gasteiger partial charge in [0.1, 0.15) is 17.9 Å². The normalized spacial score (nSPS) is 16.4. The SMILES string of the molecule is CC(F)(F)C(/C=C(\F)c1ccc(C(=O)NC2(C(=O)NCC(F)(F)F)CC2)c(C(F)(F)F)c1)c1ccc(Cl)c(Cl)c1. The summed E-state index contributed by atoms with van der Waals surface area (Å²) in [5, 5.41) is 3.50. The van der Waals surface area contributed by atoms with Gasteiger partial charge in [-0.05, 0) is 48.7 Å². The fourth-order valence-electron chi connectivity index (χ4n) is 3.78. The average molecular weight is 621 g/mol. The van der Waals surface area contributed by atoms with E-state index >= 15 is 4.39 Å². The molecule has 2 aromatic rings. The van der Waals surface area contributed by atoms with E-state index in [-0.39, 0.29) is 34.5 Å². The largest absolute Gasteiger partial charge is 0.417 e. The maximum atomic E-state index is 15.1. The van der Waals surface area contributed by atoms with Crippen molar-refractivity contribution in [3.05, 3.63) is 74.8 Å².